The average molecular weight is 291 g/mol. The van der Waals surface area contributed by atoms with Crippen LogP contribution in [0.4, 0.5) is 0 Å². The highest BCUT2D eigenvalue weighted by atomic mass is 16.5. The number of methoxy groups -OCH3 is 2. The lowest BCUT2D eigenvalue weighted by Crippen LogP contribution is -2.21. The van der Waals surface area contributed by atoms with E-state index in [1.165, 1.54) is 37.7 Å². The van der Waals surface area contributed by atoms with E-state index < -0.39 is 0 Å². The van der Waals surface area contributed by atoms with Crippen LogP contribution in [-0.2, 0) is 6.54 Å². The van der Waals surface area contributed by atoms with Crippen LogP contribution in [0.3, 0.4) is 0 Å². The summed E-state index contributed by atoms with van der Waals surface area (Å²) < 4.78 is 10.6. The minimum Gasteiger partial charge on any atom is -0.497 e. The van der Waals surface area contributed by atoms with Crippen molar-refractivity contribution in [3.63, 3.8) is 0 Å². The molecule has 0 amide bonds. The highest BCUT2D eigenvalue weighted by Crippen LogP contribution is 2.30. The summed E-state index contributed by atoms with van der Waals surface area (Å²) in [7, 11) is 3.38. The third kappa shape index (κ3) is 5.24. The fraction of sp³-hybridized carbons (Fsp3) is 0.667. The Morgan fingerprint density at radius 2 is 1.81 bits per heavy atom. The molecule has 21 heavy (non-hydrogen) atoms. The molecule has 1 N–H and O–H groups in total. The summed E-state index contributed by atoms with van der Waals surface area (Å²) in [6.45, 7) is 4.36. The highest BCUT2D eigenvalue weighted by Gasteiger charge is 2.18. The summed E-state index contributed by atoms with van der Waals surface area (Å²) in [4.78, 5) is 0. The largest absolute Gasteiger partial charge is 0.497 e. The zero-order valence-corrected chi connectivity index (χ0v) is 13.7. The third-order valence-corrected chi connectivity index (χ3v) is 4.51. The number of nitrogens with one attached hydrogen (secondary N) is 1. The van der Waals surface area contributed by atoms with Gasteiger partial charge in [0.25, 0.3) is 0 Å². The van der Waals surface area contributed by atoms with Gasteiger partial charge < -0.3 is 14.8 Å². The maximum atomic E-state index is 5.30. The highest BCUT2D eigenvalue weighted by molar-refractivity contribution is 5.38. The number of hydrogen-bond acceptors (Lipinski definition) is 3. The van der Waals surface area contributed by atoms with Gasteiger partial charge in [0, 0.05) is 12.6 Å². The average Bonchev–Trinajstić information content (AvgIpc) is 2.51. The molecule has 1 aromatic rings. The Bertz CT molecular complexity index is 411. The van der Waals surface area contributed by atoms with E-state index in [4.69, 9.17) is 9.47 Å². The summed E-state index contributed by atoms with van der Waals surface area (Å²) in [6.07, 6.45) is 6.96. The Labute approximate surface area is 129 Å². The number of ether oxygens (including phenoxy) is 2. The summed E-state index contributed by atoms with van der Waals surface area (Å²) in [5, 5.41) is 3.56. The SMILES string of the molecule is COc1cc(CNCCC2CCCC(C)C2)cc(OC)c1. The summed E-state index contributed by atoms with van der Waals surface area (Å²) in [5.41, 5.74) is 1.21. The van der Waals surface area contributed by atoms with Crippen LogP contribution in [0.15, 0.2) is 18.2 Å². The smallest absolute Gasteiger partial charge is 0.122 e. The van der Waals surface area contributed by atoms with E-state index in [2.05, 4.69) is 24.4 Å². The van der Waals surface area contributed by atoms with Crippen LogP contribution < -0.4 is 14.8 Å². The van der Waals surface area contributed by atoms with Gasteiger partial charge in [-0.25, -0.2) is 0 Å². The van der Waals surface area contributed by atoms with Crippen molar-refractivity contribution < 1.29 is 9.47 Å². The van der Waals surface area contributed by atoms with Crippen molar-refractivity contribution in [2.75, 3.05) is 20.8 Å². The van der Waals surface area contributed by atoms with Gasteiger partial charge in [0.1, 0.15) is 11.5 Å². The zero-order chi connectivity index (χ0) is 15.1. The Morgan fingerprint density at radius 1 is 1.10 bits per heavy atom. The monoisotopic (exact) mass is 291 g/mol. The fourth-order valence-electron chi connectivity index (χ4n) is 3.33. The Morgan fingerprint density at radius 3 is 2.43 bits per heavy atom. The normalized spacial score (nSPS) is 22.0. The summed E-state index contributed by atoms with van der Waals surface area (Å²) in [5.74, 6) is 3.55. The molecular formula is C18H29NO2. The molecule has 3 nitrogen and oxygen atoms in total. The van der Waals surface area contributed by atoms with Crippen molar-refractivity contribution in [3.05, 3.63) is 23.8 Å². The number of benzene rings is 1. The lowest BCUT2D eigenvalue weighted by atomic mass is 9.81. The van der Waals surface area contributed by atoms with Gasteiger partial charge in [0.05, 0.1) is 14.2 Å². The van der Waals surface area contributed by atoms with E-state index in [9.17, 15) is 0 Å². The molecule has 0 heterocycles. The first-order valence-corrected chi connectivity index (χ1v) is 8.14. The van der Waals surface area contributed by atoms with E-state index in [1.807, 2.05) is 6.07 Å². The van der Waals surface area contributed by atoms with Crippen molar-refractivity contribution in [1.29, 1.82) is 0 Å². The van der Waals surface area contributed by atoms with Crippen LogP contribution in [0.2, 0.25) is 0 Å². The maximum Gasteiger partial charge on any atom is 0.122 e. The first kappa shape index (κ1) is 16.2. The standard InChI is InChI=1S/C18H29NO2/c1-14-5-4-6-15(9-14)7-8-19-13-16-10-17(20-2)12-18(11-16)21-3/h10-12,14-15,19H,4-9,13H2,1-3H3. The van der Waals surface area contributed by atoms with E-state index in [0.29, 0.717) is 0 Å². The van der Waals surface area contributed by atoms with Gasteiger partial charge in [-0.2, -0.15) is 0 Å². The van der Waals surface area contributed by atoms with E-state index in [0.717, 1.165) is 36.4 Å². The van der Waals surface area contributed by atoms with Crippen molar-refractivity contribution >= 4 is 0 Å². The van der Waals surface area contributed by atoms with Crippen LogP contribution in [0, 0.1) is 11.8 Å². The molecule has 2 rings (SSSR count). The van der Waals surface area contributed by atoms with Gasteiger partial charge in [-0.3, -0.25) is 0 Å². The van der Waals surface area contributed by atoms with Crippen LogP contribution in [0.5, 0.6) is 11.5 Å². The molecule has 0 spiro atoms. The number of hydrogen-bond donors (Lipinski definition) is 1. The van der Waals surface area contributed by atoms with E-state index in [1.54, 1.807) is 14.2 Å². The quantitative estimate of drug-likeness (QED) is 0.770. The summed E-state index contributed by atoms with van der Waals surface area (Å²) in [6, 6.07) is 6.04. The molecule has 118 valence electrons. The van der Waals surface area contributed by atoms with Crippen molar-refractivity contribution in [2.24, 2.45) is 11.8 Å². The second-order valence-electron chi connectivity index (χ2n) is 6.32. The topological polar surface area (TPSA) is 30.5 Å². The second kappa shape index (κ2) is 8.28. The molecule has 1 fully saturated rings. The molecular weight excluding hydrogens is 262 g/mol. The Kier molecular flexibility index (Phi) is 6.37. The molecule has 2 atom stereocenters. The van der Waals surface area contributed by atoms with Crippen molar-refractivity contribution in [3.8, 4) is 11.5 Å². The fourth-order valence-corrected chi connectivity index (χ4v) is 3.33. The molecule has 0 radical (unpaired) electrons. The summed E-state index contributed by atoms with van der Waals surface area (Å²) >= 11 is 0. The molecule has 1 aliphatic rings. The Hall–Kier alpha value is -1.22. The van der Waals surface area contributed by atoms with Crippen LogP contribution in [0.1, 0.15) is 44.6 Å². The third-order valence-electron chi connectivity index (χ3n) is 4.51. The second-order valence-corrected chi connectivity index (χ2v) is 6.32. The lowest BCUT2D eigenvalue weighted by Gasteiger charge is -2.26. The van der Waals surface area contributed by atoms with Crippen LogP contribution in [0.25, 0.3) is 0 Å². The van der Waals surface area contributed by atoms with Gasteiger partial charge in [-0.1, -0.05) is 26.2 Å². The molecule has 1 aliphatic carbocycles. The van der Waals surface area contributed by atoms with Gasteiger partial charge in [0.15, 0.2) is 0 Å². The van der Waals surface area contributed by atoms with Crippen molar-refractivity contribution in [2.45, 2.75) is 45.6 Å². The molecule has 1 aromatic carbocycles. The molecule has 0 aliphatic heterocycles. The van der Waals surface area contributed by atoms with Crippen LogP contribution in [-0.4, -0.2) is 20.8 Å². The molecule has 2 unspecified atom stereocenters. The number of rotatable bonds is 7. The molecule has 0 bridgehead atoms. The maximum absolute atomic E-state index is 5.30. The molecule has 3 heteroatoms. The first-order chi connectivity index (χ1) is 10.2. The molecule has 0 saturated heterocycles. The predicted molar refractivity (Wildman–Crippen MR) is 87.0 cm³/mol. The molecule has 1 saturated carbocycles. The Balaban J connectivity index is 1.75. The van der Waals surface area contributed by atoms with Gasteiger partial charge >= 0.3 is 0 Å². The van der Waals surface area contributed by atoms with Gasteiger partial charge in [-0.05, 0) is 48.9 Å². The van der Waals surface area contributed by atoms with Crippen LogP contribution >= 0.6 is 0 Å². The molecule has 0 aromatic heterocycles. The zero-order valence-electron chi connectivity index (χ0n) is 13.7. The van der Waals surface area contributed by atoms with Gasteiger partial charge in [-0.15, -0.1) is 0 Å². The minimum absolute atomic E-state index is 0.854. The first-order valence-electron chi connectivity index (χ1n) is 8.14. The predicted octanol–water partition coefficient (Wildman–Crippen LogP) is 4.01. The van der Waals surface area contributed by atoms with Crippen molar-refractivity contribution in [1.82, 2.24) is 5.32 Å². The van der Waals surface area contributed by atoms with Gasteiger partial charge in [0.2, 0.25) is 0 Å². The lowest BCUT2D eigenvalue weighted by molar-refractivity contribution is 0.267. The minimum atomic E-state index is 0.854. The van der Waals surface area contributed by atoms with E-state index in [-0.39, 0.29) is 0 Å². The van der Waals surface area contributed by atoms with E-state index >= 15 is 0 Å².